The van der Waals surface area contributed by atoms with Crippen LogP contribution in [0.25, 0.3) is 0 Å². The van der Waals surface area contributed by atoms with Crippen LogP contribution < -0.4 is 0 Å². The second-order valence-corrected chi connectivity index (χ2v) is 10.1. The molecule has 2 saturated heterocycles. The molecule has 1 aromatic heterocycles. The summed E-state index contributed by atoms with van der Waals surface area (Å²) in [4.78, 5) is 19.9. The minimum absolute atomic E-state index is 0.0176. The van der Waals surface area contributed by atoms with Crippen LogP contribution in [0.2, 0.25) is 0 Å². The summed E-state index contributed by atoms with van der Waals surface area (Å²) >= 11 is 0. The Labute approximate surface area is 174 Å². The van der Waals surface area contributed by atoms with Crippen molar-refractivity contribution in [2.24, 2.45) is 17.3 Å². The summed E-state index contributed by atoms with van der Waals surface area (Å²) in [7, 11) is 0. The van der Waals surface area contributed by atoms with E-state index in [2.05, 4.69) is 29.8 Å². The number of carbonyl (C=O) groups excluding carboxylic acids is 1. The van der Waals surface area contributed by atoms with Crippen molar-refractivity contribution in [2.75, 3.05) is 13.1 Å². The van der Waals surface area contributed by atoms with Crippen LogP contribution >= 0.6 is 0 Å². The molecule has 4 aliphatic rings. The molecule has 3 heterocycles. The fourth-order valence-corrected chi connectivity index (χ4v) is 6.73. The number of carbonyl (C=O) groups is 1. The molecule has 1 aromatic rings. The summed E-state index contributed by atoms with van der Waals surface area (Å²) in [5.41, 5.74) is 4.77. The van der Waals surface area contributed by atoms with Crippen LogP contribution in [0, 0.1) is 17.3 Å². The molecule has 0 bridgehead atoms. The van der Waals surface area contributed by atoms with Crippen molar-refractivity contribution in [1.29, 1.82) is 0 Å². The molecule has 5 rings (SSSR count). The average Bonchev–Trinajstić information content (AvgIpc) is 3.01. The van der Waals surface area contributed by atoms with Gasteiger partial charge in [-0.25, -0.2) is 0 Å². The number of pyridine rings is 1. The SMILES string of the molecule is CC1=C2CC3C(CC2(C)CCC1)OC(=O)C3CN1CCCCC1c1cccnc1. The molecule has 2 aliphatic carbocycles. The zero-order valence-electron chi connectivity index (χ0n) is 17.9. The summed E-state index contributed by atoms with van der Waals surface area (Å²) in [6.45, 7) is 6.64. The third-order valence-corrected chi connectivity index (χ3v) is 8.29. The van der Waals surface area contributed by atoms with Crippen molar-refractivity contribution in [2.45, 2.75) is 77.4 Å². The maximum Gasteiger partial charge on any atom is 0.310 e. The number of ether oxygens (including phenoxy) is 1. The molecule has 3 fully saturated rings. The van der Waals surface area contributed by atoms with Crippen molar-refractivity contribution < 1.29 is 9.53 Å². The van der Waals surface area contributed by atoms with Gasteiger partial charge in [-0.1, -0.05) is 30.6 Å². The number of nitrogens with zero attached hydrogens (tertiary/aromatic N) is 2. The first-order valence-corrected chi connectivity index (χ1v) is 11.6. The topological polar surface area (TPSA) is 42.4 Å². The third-order valence-electron chi connectivity index (χ3n) is 8.29. The highest BCUT2D eigenvalue weighted by Crippen LogP contribution is 2.55. The monoisotopic (exact) mass is 394 g/mol. The summed E-state index contributed by atoms with van der Waals surface area (Å²) in [6.07, 6.45) is 13.4. The van der Waals surface area contributed by atoms with E-state index in [0.717, 1.165) is 32.4 Å². The van der Waals surface area contributed by atoms with E-state index < -0.39 is 0 Å². The van der Waals surface area contributed by atoms with Gasteiger partial charge in [-0.05, 0) is 75.5 Å². The van der Waals surface area contributed by atoms with Crippen molar-refractivity contribution >= 4 is 5.97 Å². The molecular weight excluding hydrogens is 360 g/mol. The Morgan fingerprint density at radius 3 is 3.03 bits per heavy atom. The molecule has 4 heteroatoms. The molecule has 2 aliphatic heterocycles. The van der Waals surface area contributed by atoms with E-state index in [4.69, 9.17) is 4.74 Å². The maximum atomic E-state index is 13.0. The standard InChI is InChI=1S/C25H34N2O2/c1-17-7-5-10-25(2)14-23-19(13-21(17)25)20(24(28)29-23)16-27-12-4-3-9-22(27)18-8-6-11-26-15-18/h6,8,11,15,19-20,22-23H,3-5,7,9-10,12-14,16H2,1-2H3. The Hall–Kier alpha value is -1.68. The molecular formula is C25H34N2O2. The zero-order valence-corrected chi connectivity index (χ0v) is 17.9. The second-order valence-electron chi connectivity index (χ2n) is 10.1. The van der Waals surface area contributed by atoms with Crippen LogP contribution in [0.15, 0.2) is 35.7 Å². The van der Waals surface area contributed by atoms with Crippen molar-refractivity contribution in [1.82, 2.24) is 9.88 Å². The molecule has 156 valence electrons. The van der Waals surface area contributed by atoms with Crippen LogP contribution in [0.5, 0.6) is 0 Å². The van der Waals surface area contributed by atoms with E-state index >= 15 is 0 Å². The first-order valence-electron chi connectivity index (χ1n) is 11.6. The lowest BCUT2D eigenvalue weighted by Gasteiger charge is -2.46. The van der Waals surface area contributed by atoms with E-state index in [1.807, 2.05) is 18.5 Å². The number of esters is 1. The quantitative estimate of drug-likeness (QED) is 0.530. The van der Waals surface area contributed by atoms with E-state index in [1.54, 1.807) is 11.1 Å². The van der Waals surface area contributed by atoms with Gasteiger partial charge >= 0.3 is 5.97 Å². The molecule has 4 nitrogen and oxygen atoms in total. The van der Waals surface area contributed by atoms with Crippen molar-refractivity contribution in [3.05, 3.63) is 41.2 Å². The minimum atomic E-state index is 0.0176. The minimum Gasteiger partial charge on any atom is -0.462 e. The molecule has 1 saturated carbocycles. The molecule has 0 radical (unpaired) electrons. The normalized spacial score (nSPS) is 37.8. The van der Waals surface area contributed by atoms with E-state index in [9.17, 15) is 4.79 Å². The summed E-state index contributed by atoms with van der Waals surface area (Å²) < 4.78 is 6.01. The molecule has 5 atom stereocenters. The van der Waals surface area contributed by atoms with Gasteiger partial charge in [0.25, 0.3) is 0 Å². The Morgan fingerprint density at radius 2 is 2.21 bits per heavy atom. The predicted octanol–water partition coefficient (Wildman–Crippen LogP) is 5.07. The Balaban J connectivity index is 1.38. The fourth-order valence-electron chi connectivity index (χ4n) is 6.73. The van der Waals surface area contributed by atoms with Gasteiger partial charge in [-0.3, -0.25) is 14.7 Å². The van der Waals surface area contributed by atoms with Crippen molar-refractivity contribution in [3.63, 3.8) is 0 Å². The van der Waals surface area contributed by atoms with E-state index in [-0.39, 0.29) is 23.4 Å². The molecule has 29 heavy (non-hydrogen) atoms. The van der Waals surface area contributed by atoms with Gasteiger partial charge in [0.15, 0.2) is 0 Å². The first-order chi connectivity index (χ1) is 14.0. The van der Waals surface area contributed by atoms with Gasteiger partial charge in [0.05, 0.1) is 5.92 Å². The van der Waals surface area contributed by atoms with Crippen LogP contribution in [-0.4, -0.2) is 35.0 Å². The number of rotatable bonds is 3. The summed E-state index contributed by atoms with van der Waals surface area (Å²) in [5.74, 6) is 0.426. The number of hydrogen-bond acceptors (Lipinski definition) is 4. The lowest BCUT2D eigenvalue weighted by atomic mass is 9.59. The second kappa shape index (κ2) is 7.54. The smallest absolute Gasteiger partial charge is 0.310 e. The molecule has 0 spiro atoms. The highest BCUT2D eigenvalue weighted by Gasteiger charge is 2.53. The number of aromatic nitrogens is 1. The van der Waals surface area contributed by atoms with E-state index in [0.29, 0.717) is 12.0 Å². The largest absolute Gasteiger partial charge is 0.462 e. The third kappa shape index (κ3) is 3.43. The van der Waals surface area contributed by atoms with Crippen LogP contribution in [0.3, 0.4) is 0 Å². The molecule has 0 aromatic carbocycles. The van der Waals surface area contributed by atoms with Gasteiger partial charge in [-0.2, -0.15) is 0 Å². The summed E-state index contributed by atoms with van der Waals surface area (Å²) in [5, 5.41) is 0. The molecule has 0 N–H and O–H groups in total. The number of piperidine rings is 1. The van der Waals surface area contributed by atoms with Crippen LogP contribution in [0.1, 0.15) is 76.8 Å². The number of likely N-dealkylation sites (tertiary alicyclic amines) is 1. The number of fused-ring (bicyclic) bond motifs is 2. The Kier molecular flexibility index (Phi) is 5.01. The van der Waals surface area contributed by atoms with Crippen LogP contribution in [0.4, 0.5) is 0 Å². The van der Waals surface area contributed by atoms with Gasteiger partial charge in [-0.15, -0.1) is 0 Å². The van der Waals surface area contributed by atoms with Crippen molar-refractivity contribution in [3.8, 4) is 0 Å². The predicted molar refractivity (Wildman–Crippen MR) is 113 cm³/mol. The van der Waals surface area contributed by atoms with Gasteiger partial charge in [0.2, 0.25) is 0 Å². The Bertz CT molecular complexity index is 804. The lowest BCUT2D eigenvalue weighted by Crippen LogP contribution is -2.43. The van der Waals surface area contributed by atoms with Gasteiger partial charge < -0.3 is 4.74 Å². The zero-order chi connectivity index (χ0) is 20.0. The van der Waals surface area contributed by atoms with Crippen LogP contribution in [-0.2, 0) is 9.53 Å². The maximum absolute atomic E-state index is 13.0. The fraction of sp³-hybridized carbons (Fsp3) is 0.680. The average molecular weight is 395 g/mol. The summed E-state index contributed by atoms with van der Waals surface area (Å²) in [6, 6.07) is 4.60. The van der Waals surface area contributed by atoms with Gasteiger partial charge in [0.1, 0.15) is 6.10 Å². The Morgan fingerprint density at radius 1 is 1.31 bits per heavy atom. The lowest BCUT2D eigenvalue weighted by molar-refractivity contribution is -0.145. The molecule has 0 amide bonds. The first kappa shape index (κ1) is 19.3. The van der Waals surface area contributed by atoms with Gasteiger partial charge in [0, 0.05) is 30.9 Å². The number of allylic oxidation sites excluding steroid dienone is 2. The number of hydrogen-bond donors (Lipinski definition) is 0. The molecule has 5 unspecified atom stereocenters. The highest BCUT2D eigenvalue weighted by atomic mass is 16.6. The highest BCUT2D eigenvalue weighted by molar-refractivity contribution is 5.76. The van der Waals surface area contributed by atoms with E-state index in [1.165, 1.54) is 37.7 Å².